The van der Waals surface area contributed by atoms with Crippen molar-refractivity contribution in [1.29, 1.82) is 0 Å². The average molecular weight is 128 g/mol. The van der Waals surface area contributed by atoms with E-state index in [9.17, 15) is 0 Å². The summed E-state index contributed by atoms with van der Waals surface area (Å²) in [7, 11) is 1.74. The second-order valence-electron chi connectivity index (χ2n) is 2.37. The predicted molar refractivity (Wildman–Crippen MR) is 40.5 cm³/mol. The third-order valence-electron chi connectivity index (χ3n) is 1.23. The summed E-state index contributed by atoms with van der Waals surface area (Å²) in [6.45, 7) is 5.09. The lowest BCUT2D eigenvalue weighted by Gasteiger charge is -2.04. The van der Waals surface area contributed by atoms with E-state index in [1.54, 1.807) is 7.11 Å². The van der Waals surface area contributed by atoms with Crippen molar-refractivity contribution >= 4 is 0 Å². The zero-order valence-electron chi connectivity index (χ0n) is 6.55. The first-order chi connectivity index (χ1) is 4.31. The molecule has 0 unspecified atom stereocenters. The zero-order chi connectivity index (χ0) is 7.11. The summed E-state index contributed by atoms with van der Waals surface area (Å²) in [4.78, 5) is 0. The molecule has 0 rings (SSSR count). The molecule has 0 N–H and O–H groups in total. The van der Waals surface area contributed by atoms with E-state index in [2.05, 4.69) is 19.1 Å². The lowest BCUT2D eigenvalue weighted by Crippen LogP contribution is -2.01. The predicted octanol–water partition coefficient (Wildman–Crippen LogP) is 2.24. The molecule has 0 aromatic rings. The summed E-state index contributed by atoms with van der Waals surface area (Å²) in [6.07, 6.45) is 5.38. The summed E-state index contributed by atoms with van der Waals surface area (Å²) < 4.78 is 4.97. The quantitative estimate of drug-likeness (QED) is 0.527. The third kappa shape index (κ3) is 5.57. The van der Waals surface area contributed by atoms with Crippen LogP contribution < -0.4 is 0 Å². The van der Waals surface area contributed by atoms with Crippen molar-refractivity contribution in [3.8, 4) is 0 Å². The van der Waals surface area contributed by atoms with Crippen LogP contribution in [0.3, 0.4) is 0 Å². The number of rotatable bonds is 4. The van der Waals surface area contributed by atoms with E-state index in [1.807, 2.05) is 6.92 Å². The summed E-state index contributed by atoms with van der Waals surface area (Å²) in [5, 5.41) is 0. The monoisotopic (exact) mass is 128 g/mol. The van der Waals surface area contributed by atoms with E-state index in [-0.39, 0.29) is 0 Å². The average Bonchev–Trinajstić information content (AvgIpc) is 1.85. The van der Waals surface area contributed by atoms with Crippen LogP contribution in [0.15, 0.2) is 12.2 Å². The summed E-state index contributed by atoms with van der Waals surface area (Å²) in [6, 6.07) is 0. The summed E-state index contributed by atoms with van der Waals surface area (Å²) >= 11 is 0. The van der Waals surface area contributed by atoms with Gasteiger partial charge in [0.1, 0.15) is 0 Å². The maximum Gasteiger partial charge on any atom is 0.0490 e. The van der Waals surface area contributed by atoms with Gasteiger partial charge in [0, 0.05) is 13.7 Å². The van der Waals surface area contributed by atoms with Crippen molar-refractivity contribution < 1.29 is 4.74 Å². The highest BCUT2D eigenvalue weighted by Gasteiger charge is 1.95. The minimum atomic E-state index is 0.659. The smallest absolute Gasteiger partial charge is 0.0490 e. The molecule has 1 heteroatoms. The van der Waals surface area contributed by atoms with Gasteiger partial charge in [-0.15, -0.1) is 0 Å². The maximum atomic E-state index is 4.97. The maximum absolute atomic E-state index is 4.97. The fourth-order valence-corrected chi connectivity index (χ4v) is 0.721. The number of hydrogen-bond acceptors (Lipinski definition) is 1. The molecule has 0 aliphatic heterocycles. The van der Waals surface area contributed by atoms with Gasteiger partial charge in [-0.25, -0.2) is 0 Å². The molecule has 0 saturated carbocycles. The van der Waals surface area contributed by atoms with Crippen LogP contribution in [0.1, 0.15) is 20.3 Å². The van der Waals surface area contributed by atoms with Gasteiger partial charge in [-0.3, -0.25) is 0 Å². The Balaban J connectivity index is 3.15. The van der Waals surface area contributed by atoms with Crippen molar-refractivity contribution in [2.24, 2.45) is 5.92 Å². The van der Waals surface area contributed by atoms with Crippen LogP contribution in [0.4, 0.5) is 0 Å². The minimum absolute atomic E-state index is 0.659. The van der Waals surface area contributed by atoms with Crippen molar-refractivity contribution in [2.75, 3.05) is 13.7 Å². The lowest BCUT2D eigenvalue weighted by atomic mass is 10.1. The molecule has 0 aliphatic carbocycles. The van der Waals surface area contributed by atoms with E-state index >= 15 is 0 Å². The van der Waals surface area contributed by atoms with Gasteiger partial charge in [0.05, 0.1) is 0 Å². The van der Waals surface area contributed by atoms with Gasteiger partial charge >= 0.3 is 0 Å². The van der Waals surface area contributed by atoms with Gasteiger partial charge in [-0.05, 0) is 19.3 Å². The lowest BCUT2D eigenvalue weighted by molar-refractivity contribution is 0.161. The van der Waals surface area contributed by atoms with Crippen LogP contribution in [0.2, 0.25) is 0 Å². The highest BCUT2D eigenvalue weighted by atomic mass is 16.5. The molecule has 0 amide bonds. The first-order valence-electron chi connectivity index (χ1n) is 3.41. The highest BCUT2D eigenvalue weighted by Crippen LogP contribution is 2.01. The highest BCUT2D eigenvalue weighted by molar-refractivity contribution is 4.78. The molecule has 0 aromatic heterocycles. The fourth-order valence-electron chi connectivity index (χ4n) is 0.721. The zero-order valence-corrected chi connectivity index (χ0v) is 6.55. The van der Waals surface area contributed by atoms with E-state index in [4.69, 9.17) is 4.74 Å². The van der Waals surface area contributed by atoms with Crippen molar-refractivity contribution in [2.45, 2.75) is 20.3 Å². The number of allylic oxidation sites excluding steroid dienone is 2. The van der Waals surface area contributed by atoms with E-state index < -0.39 is 0 Å². The number of hydrogen-bond donors (Lipinski definition) is 0. The molecule has 1 atom stereocenters. The summed E-state index contributed by atoms with van der Waals surface area (Å²) in [5.41, 5.74) is 0. The van der Waals surface area contributed by atoms with Crippen LogP contribution in [0, 0.1) is 5.92 Å². The Morgan fingerprint density at radius 2 is 2.22 bits per heavy atom. The normalized spacial score (nSPS) is 14.6. The topological polar surface area (TPSA) is 9.23 Å². The fraction of sp³-hybridized carbons (Fsp3) is 0.750. The van der Waals surface area contributed by atoms with Crippen molar-refractivity contribution in [3.05, 3.63) is 12.2 Å². The van der Waals surface area contributed by atoms with Crippen LogP contribution in [-0.4, -0.2) is 13.7 Å². The Labute approximate surface area is 57.7 Å². The first-order valence-corrected chi connectivity index (χ1v) is 3.41. The molecule has 0 heterocycles. The second-order valence-corrected chi connectivity index (χ2v) is 2.37. The number of ether oxygens (including phenoxy) is 1. The van der Waals surface area contributed by atoms with Crippen molar-refractivity contribution in [3.63, 3.8) is 0 Å². The van der Waals surface area contributed by atoms with E-state index in [0.717, 1.165) is 13.0 Å². The minimum Gasteiger partial charge on any atom is -0.384 e. The van der Waals surface area contributed by atoms with Crippen LogP contribution in [0.5, 0.6) is 0 Å². The molecular formula is C8H16O. The molecule has 0 saturated heterocycles. The Morgan fingerprint density at radius 3 is 2.67 bits per heavy atom. The molecule has 1 nitrogen and oxygen atoms in total. The summed E-state index contributed by atoms with van der Waals surface area (Å²) in [5.74, 6) is 0.659. The molecule has 0 bridgehead atoms. The van der Waals surface area contributed by atoms with Crippen molar-refractivity contribution in [1.82, 2.24) is 0 Å². The van der Waals surface area contributed by atoms with E-state index in [0.29, 0.717) is 5.92 Å². The number of methoxy groups -OCH3 is 1. The Morgan fingerprint density at radius 1 is 1.56 bits per heavy atom. The molecule has 9 heavy (non-hydrogen) atoms. The standard InChI is InChI=1S/C8H16O/c1-4-5-6-8(2)7-9-3/h4-5,8H,6-7H2,1-3H3/b5-4+/t8-/m1/s1. The van der Waals surface area contributed by atoms with Crippen LogP contribution >= 0.6 is 0 Å². The van der Waals surface area contributed by atoms with E-state index in [1.165, 1.54) is 0 Å². The molecular weight excluding hydrogens is 112 g/mol. The molecule has 0 spiro atoms. The SMILES string of the molecule is C/C=C/C[C@@H](C)COC. The van der Waals surface area contributed by atoms with Crippen LogP contribution in [-0.2, 0) is 4.74 Å². The van der Waals surface area contributed by atoms with Gasteiger partial charge in [0.25, 0.3) is 0 Å². The first kappa shape index (κ1) is 8.70. The Kier molecular flexibility index (Phi) is 5.64. The second kappa shape index (κ2) is 5.83. The Hall–Kier alpha value is -0.300. The van der Waals surface area contributed by atoms with Gasteiger partial charge < -0.3 is 4.74 Å². The van der Waals surface area contributed by atoms with Gasteiger partial charge in [-0.2, -0.15) is 0 Å². The molecule has 0 aliphatic rings. The Bertz CT molecular complexity index is 76.6. The molecule has 0 fully saturated rings. The molecule has 0 aromatic carbocycles. The largest absolute Gasteiger partial charge is 0.384 e. The molecule has 0 radical (unpaired) electrons. The molecule has 54 valence electrons. The van der Waals surface area contributed by atoms with Crippen LogP contribution in [0.25, 0.3) is 0 Å². The third-order valence-corrected chi connectivity index (χ3v) is 1.23. The van der Waals surface area contributed by atoms with Gasteiger partial charge in [-0.1, -0.05) is 19.1 Å². The van der Waals surface area contributed by atoms with Gasteiger partial charge in [0.2, 0.25) is 0 Å². The van der Waals surface area contributed by atoms with Gasteiger partial charge in [0.15, 0.2) is 0 Å².